The van der Waals surface area contributed by atoms with Gasteiger partial charge in [-0.2, -0.15) is 0 Å². The van der Waals surface area contributed by atoms with E-state index < -0.39 is 0 Å². The molecule has 4 nitrogen and oxygen atoms in total. The van der Waals surface area contributed by atoms with Crippen LogP contribution in [0.15, 0.2) is 9.98 Å². The number of rotatable bonds is 17. The molecule has 2 aliphatic rings. The molecule has 0 spiro atoms. The second-order valence-corrected chi connectivity index (χ2v) is 9.78. The highest BCUT2D eigenvalue weighted by Gasteiger charge is 2.25. The third kappa shape index (κ3) is 11.1. The van der Waals surface area contributed by atoms with Gasteiger partial charge in [-0.3, -0.25) is 4.99 Å². The summed E-state index contributed by atoms with van der Waals surface area (Å²) in [6, 6.07) is 0. The van der Waals surface area contributed by atoms with Crippen molar-refractivity contribution in [1.29, 1.82) is 0 Å². The summed E-state index contributed by atoms with van der Waals surface area (Å²) >= 11 is 0. The Kier molecular flexibility index (Phi) is 11.7. The molecule has 29 heavy (non-hydrogen) atoms. The maximum Gasteiger partial charge on any atom is 0.183 e. The van der Waals surface area contributed by atoms with Gasteiger partial charge >= 0.3 is 0 Å². The molecule has 0 saturated heterocycles. The first-order chi connectivity index (χ1) is 14.1. The number of hydrogen-bond acceptors (Lipinski definition) is 4. The summed E-state index contributed by atoms with van der Waals surface area (Å²) in [6.07, 6.45) is 21.7. The molecule has 2 aliphatic heterocycles. The van der Waals surface area contributed by atoms with Crippen molar-refractivity contribution in [2.75, 3.05) is 26.7 Å². The first-order valence-corrected chi connectivity index (χ1v) is 12.5. The summed E-state index contributed by atoms with van der Waals surface area (Å²) in [5, 5.41) is 0. The summed E-state index contributed by atoms with van der Waals surface area (Å²) in [6.45, 7) is 7.19. The van der Waals surface area contributed by atoms with Gasteiger partial charge in [0.15, 0.2) is 5.90 Å². The van der Waals surface area contributed by atoms with E-state index in [0.29, 0.717) is 0 Å². The van der Waals surface area contributed by atoms with Gasteiger partial charge in [-0.15, -0.1) is 0 Å². The van der Waals surface area contributed by atoms with Gasteiger partial charge in [0.1, 0.15) is 6.61 Å². The van der Waals surface area contributed by atoms with Crippen LogP contribution in [0.5, 0.6) is 0 Å². The van der Waals surface area contributed by atoms with Crippen molar-refractivity contribution in [3.63, 3.8) is 0 Å². The van der Waals surface area contributed by atoms with Gasteiger partial charge in [-0.1, -0.05) is 77.0 Å². The zero-order valence-corrected chi connectivity index (χ0v) is 19.7. The van der Waals surface area contributed by atoms with Crippen molar-refractivity contribution in [2.24, 2.45) is 9.98 Å². The van der Waals surface area contributed by atoms with Crippen LogP contribution in [-0.2, 0) is 4.74 Å². The molecule has 2 rings (SSSR count). The Bertz CT molecular complexity index is 498. The third-order valence-corrected chi connectivity index (χ3v) is 6.23. The molecule has 0 aromatic heterocycles. The summed E-state index contributed by atoms with van der Waals surface area (Å²) in [5.41, 5.74) is 0.0113. The zero-order valence-electron chi connectivity index (χ0n) is 19.7. The van der Waals surface area contributed by atoms with E-state index in [1.54, 1.807) is 0 Å². The van der Waals surface area contributed by atoms with Crippen LogP contribution in [0, 0.1) is 0 Å². The fourth-order valence-corrected chi connectivity index (χ4v) is 4.32. The van der Waals surface area contributed by atoms with E-state index in [1.165, 1.54) is 102 Å². The van der Waals surface area contributed by atoms with Gasteiger partial charge in [0, 0.05) is 26.4 Å². The van der Waals surface area contributed by atoms with Crippen LogP contribution in [0.1, 0.15) is 117 Å². The number of likely N-dealkylation sites (N-methyl/N-ethyl adjacent to an activating group) is 1. The van der Waals surface area contributed by atoms with E-state index in [4.69, 9.17) is 4.74 Å². The van der Waals surface area contributed by atoms with Gasteiger partial charge < -0.3 is 9.64 Å². The van der Waals surface area contributed by atoms with E-state index in [2.05, 4.69) is 35.8 Å². The van der Waals surface area contributed by atoms with Crippen LogP contribution >= 0.6 is 0 Å². The predicted octanol–water partition coefficient (Wildman–Crippen LogP) is 6.78. The first kappa shape index (κ1) is 24.2. The van der Waals surface area contributed by atoms with E-state index in [9.17, 15) is 0 Å². The minimum Gasteiger partial charge on any atom is -0.478 e. The van der Waals surface area contributed by atoms with Gasteiger partial charge in [0.2, 0.25) is 0 Å². The highest BCUT2D eigenvalue weighted by atomic mass is 16.5. The molecular formula is C25H47N3O. The molecule has 2 heterocycles. The molecule has 0 saturated carbocycles. The summed E-state index contributed by atoms with van der Waals surface area (Å²) in [4.78, 5) is 11.5. The summed E-state index contributed by atoms with van der Waals surface area (Å²) < 4.78 is 5.66. The average Bonchev–Trinajstić information content (AvgIpc) is 3.25. The van der Waals surface area contributed by atoms with Crippen LogP contribution in [0.2, 0.25) is 0 Å². The Labute approximate surface area is 180 Å². The molecule has 0 unspecified atom stereocenters. The monoisotopic (exact) mass is 405 g/mol. The van der Waals surface area contributed by atoms with Crippen LogP contribution in [0.4, 0.5) is 0 Å². The van der Waals surface area contributed by atoms with Crippen LogP contribution in [-0.4, -0.2) is 48.9 Å². The number of unbranched alkanes of at least 4 members (excludes halogenated alkanes) is 13. The van der Waals surface area contributed by atoms with Gasteiger partial charge in [-0.05, 0) is 26.7 Å². The van der Waals surface area contributed by atoms with Crippen molar-refractivity contribution in [1.82, 2.24) is 4.90 Å². The zero-order chi connectivity index (χ0) is 20.8. The van der Waals surface area contributed by atoms with E-state index in [-0.39, 0.29) is 5.54 Å². The Morgan fingerprint density at radius 2 is 1.24 bits per heavy atom. The number of hydrogen-bond donors (Lipinski definition) is 0. The highest BCUT2D eigenvalue weighted by Crippen LogP contribution is 2.20. The standard InChI is InChI=1S/C25H47N3O/c1-25(2)22-29-24(27-25)19-17-15-13-11-9-7-5-4-6-8-10-12-14-16-18-23-26-20-21-28(23)3/h4-22H2,1-3H3. The minimum absolute atomic E-state index is 0.0113. The normalized spacial score (nSPS) is 18.1. The van der Waals surface area contributed by atoms with Crippen LogP contribution in [0.25, 0.3) is 0 Å². The molecular weight excluding hydrogens is 358 g/mol. The van der Waals surface area contributed by atoms with Gasteiger partial charge in [-0.25, -0.2) is 4.99 Å². The van der Waals surface area contributed by atoms with E-state index in [1.807, 2.05) is 0 Å². The fourth-order valence-electron chi connectivity index (χ4n) is 4.32. The Morgan fingerprint density at radius 3 is 1.66 bits per heavy atom. The lowest BCUT2D eigenvalue weighted by atomic mass is 10.0. The quantitative estimate of drug-likeness (QED) is 0.250. The number of ether oxygens (including phenoxy) is 1. The second kappa shape index (κ2) is 14.0. The maximum absolute atomic E-state index is 5.66. The first-order valence-electron chi connectivity index (χ1n) is 12.5. The Morgan fingerprint density at radius 1 is 0.759 bits per heavy atom. The average molecular weight is 406 g/mol. The number of amidine groups is 1. The SMILES string of the molecule is CN1CCN=C1CCCCCCCCCCCCCCCCC1=NC(C)(C)CO1. The molecule has 0 radical (unpaired) electrons. The van der Waals surface area contributed by atoms with Crippen molar-refractivity contribution in [2.45, 2.75) is 122 Å². The lowest BCUT2D eigenvalue weighted by Gasteiger charge is -2.13. The molecule has 168 valence electrons. The minimum atomic E-state index is 0.0113. The Hall–Kier alpha value is -1.06. The third-order valence-electron chi connectivity index (χ3n) is 6.23. The molecule has 0 fully saturated rings. The highest BCUT2D eigenvalue weighted by molar-refractivity contribution is 5.83. The van der Waals surface area contributed by atoms with Crippen LogP contribution < -0.4 is 0 Å². The maximum atomic E-state index is 5.66. The second-order valence-electron chi connectivity index (χ2n) is 9.78. The smallest absolute Gasteiger partial charge is 0.183 e. The fraction of sp³-hybridized carbons (Fsp3) is 0.920. The number of aliphatic imine (C=N–C) groups is 2. The molecule has 0 bridgehead atoms. The molecule has 0 amide bonds. The predicted molar refractivity (Wildman–Crippen MR) is 126 cm³/mol. The largest absolute Gasteiger partial charge is 0.478 e. The molecule has 0 aromatic rings. The molecule has 0 aliphatic carbocycles. The molecule has 0 atom stereocenters. The molecule has 0 N–H and O–H groups in total. The lowest BCUT2D eigenvalue weighted by molar-refractivity contribution is 0.273. The lowest BCUT2D eigenvalue weighted by Crippen LogP contribution is -2.22. The Balaban J connectivity index is 1.25. The summed E-state index contributed by atoms with van der Waals surface area (Å²) in [5.74, 6) is 2.33. The number of nitrogens with zero attached hydrogens (tertiary/aromatic N) is 3. The van der Waals surface area contributed by atoms with E-state index in [0.717, 1.165) is 32.0 Å². The van der Waals surface area contributed by atoms with Crippen molar-refractivity contribution >= 4 is 11.7 Å². The summed E-state index contributed by atoms with van der Waals surface area (Å²) in [7, 11) is 2.18. The van der Waals surface area contributed by atoms with Crippen molar-refractivity contribution in [3.05, 3.63) is 0 Å². The van der Waals surface area contributed by atoms with Gasteiger partial charge in [0.05, 0.1) is 17.9 Å². The van der Waals surface area contributed by atoms with Gasteiger partial charge in [0.25, 0.3) is 0 Å². The van der Waals surface area contributed by atoms with Crippen molar-refractivity contribution < 1.29 is 4.74 Å². The van der Waals surface area contributed by atoms with Crippen molar-refractivity contribution in [3.8, 4) is 0 Å². The molecule has 4 heteroatoms. The van der Waals surface area contributed by atoms with E-state index >= 15 is 0 Å². The topological polar surface area (TPSA) is 37.2 Å². The van der Waals surface area contributed by atoms with Crippen LogP contribution in [0.3, 0.4) is 0 Å². The molecule has 0 aromatic carbocycles.